The molecule has 0 saturated carbocycles. The van der Waals surface area contributed by atoms with E-state index >= 15 is 0 Å². The quantitative estimate of drug-likeness (QED) is 0.924. The van der Waals surface area contributed by atoms with Crippen molar-refractivity contribution in [2.24, 2.45) is 0 Å². The first-order valence-electron chi connectivity index (χ1n) is 7.85. The van der Waals surface area contributed by atoms with Crippen molar-refractivity contribution in [3.8, 4) is 5.88 Å². The summed E-state index contributed by atoms with van der Waals surface area (Å²) in [4.78, 5) is 4.59. The van der Waals surface area contributed by atoms with Gasteiger partial charge in [-0.05, 0) is 40.7 Å². The van der Waals surface area contributed by atoms with Gasteiger partial charge in [0.25, 0.3) is 0 Å². The van der Waals surface area contributed by atoms with Crippen LogP contribution in [0.1, 0.15) is 53.2 Å². The summed E-state index contributed by atoms with van der Waals surface area (Å²) in [6, 6.07) is 5.97. The Morgan fingerprint density at radius 3 is 2.52 bits per heavy atom. The monoisotopic (exact) mass is 292 g/mol. The van der Waals surface area contributed by atoms with E-state index < -0.39 is 0 Å². The minimum Gasteiger partial charge on any atom is -0.474 e. The first kappa shape index (κ1) is 16.2. The molecule has 1 saturated heterocycles. The molecule has 1 fully saturated rings. The number of pyridine rings is 1. The second-order valence-electron chi connectivity index (χ2n) is 7.04. The predicted molar refractivity (Wildman–Crippen MR) is 84.5 cm³/mol. The lowest BCUT2D eigenvalue weighted by molar-refractivity contribution is -0.0730. The Hall–Kier alpha value is -1.13. The maximum absolute atomic E-state index is 6.05. The molecule has 1 aromatic heterocycles. The van der Waals surface area contributed by atoms with Gasteiger partial charge in [-0.25, -0.2) is 4.98 Å². The highest BCUT2D eigenvalue weighted by Gasteiger charge is 2.26. The molecule has 0 spiro atoms. The molecule has 0 bridgehead atoms. The van der Waals surface area contributed by atoms with Gasteiger partial charge < -0.3 is 14.8 Å². The molecule has 2 rings (SSSR count). The number of nitrogens with one attached hydrogen (secondary N) is 1. The van der Waals surface area contributed by atoms with Crippen LogP contribution in [0.2, 0.25) is 0 Å². The minimum atomic E-state index is 0.0874. The molecule has 21 heavy (non-hydrogen) atoms. The molecule has 118 valence electrons. The van der Waals surface area contributed by atoms with E-state index in [9.17, 15) is 0 Å². The molecule has 1 aromatic rings. The van der Waals surface area contributed by atoms with Gasteiger partial charge >= 0.3 is 0 Å². The summed E-state index contributed by atoms with van der Waals surface area (Å²) in [6.07, 6.45) is 2.56. The Morgan fingerprint density at radius 1 is 1.24 bits per heavy atom. The van der Waals surface area contributed by atoms with Gasteiger partial charge in [-0.15, -0.1) is 0 Å². The number of hydrogen-bond acceptors (Lipinski definition) is 4. The van der Waals surface area contributed by atoms with Crippen molar-refractivity contribution in [2.45, 2.75) is 77.9 Å². The van der Waals surface area contributed by atoms with Crippen LogP contribution in [0.5, 0.6) is 5.88 Å². The number of ether oxygens (including phenoxy) is 2. The Balaban J connectivity index is 1.94. The largest absolute Gasteiger partial charge is 0.474 e. The van der Waals surface area contributed by atoms with E-state index in [1.807, 2.05) is 18.2 Å². The highest BCUT2D eigenvalue weighted by Crippen LogP contribution is 2.23. The molecule has 2 atom stereocenters. The zero-order valence-electron chi connectivity index (χ0n) is 13.8. The maximum Gasteiger partial charge on any atom is 0.213 e. The third-order valence-electron chi connectivity index (χ3n) is 3.52. The summed E-state index contributed by atoms with van der Waals surface area (Å²) in [5.41, 5.74) is 1.10. The van der Waals surface area contributed by atoms with Crippen LogP contribution in [-0.4, -0.2) is 28.8 Å². The lowest BCUT2D eigenvalue weighted by Gasteiger charge is -2.32. The standard InChI is InChI=1S/C17H28N2O2/c1-12-9-15(10-13(2)20-12)21-16-8-6-7-14(19-16)11-18-17(3,4)5/h6-8,12-13,15,18H,9-11H2,1-5H3. The minimum absolute atomic E-state index is 0.0874. The average Bonchev–Trinajstić information content (AvgIpc) is 2.35. The van der Waals surface area contributed by atoms with Crippen molar-refractivity contribution in [1.29, 1.82) is 0 Å². The molecule has 2 unspecified atom stereocenters. The third kappa shape index (κ3) is 5.64. The lowest BCUT2D eigenvalue weighted by atomic mass is 10.0. The highest BCUT2D eigenvalue weighted by molar-refractivity contribution is 5.16. The zero-order valence-corrected chi connectivity index (χ0v) is 13.8. The number of aromatic nitrogens is 1. The smallest absolute Gasteiger partial charge is 0.213 e. The van der Waals surface area contributed by atoms with Crippen molar-refractivity contribution in [3.05, 3.63) is 23.9 Å². The van der Waals surface area contributed by atoms with Crippen molar-refractivity contribution in [1.82, 2.24) is 10.3 Å². The summed E-state index contributed by atoms with van der Waals surface area (Å²) in [7, 11) is 0. The van der Waals surface area contributed by atoms with Gasteiger partial charge in [-0.1, -0.05) is 6.07 Å². The van der Waals surface area contributed by atoms with Gasteiger partial charge in [-0.2, -0.15) is 0 Å². The van der Waals surface area contributed by atoms with Gasteiger partial charge in [0.1, 0.15) is 6.10 Å². The summed E-state index contributed by atoms with van der Waals surface area (Å²) < 4.78 is 11.8. The van der Waals surface area contributed by atoms with Crippen LogP contribution >= 0.6 is 0 Å². The Morgan fingerprint density at radius 2 is 1.90 bits per heavy atom. The van der Waals surface area contributed by atoms with E-state index in [1.54, 1.807) is 0 Å². The van der Waals surface area contributed by atoms with Crippen LogP contribution in [0.25, 0.3) is 0 Å². The molecular weight excluding hydrogens is 264 g/mol. The van der Waals surface area contributed by atoms with Gasteiger partial charge in [0, 0.05) is 31.0 Å². The summed E-state index contributed by atoms with van der Waals surface area (Å²) >= 11 is 0. The fourth-order valence-electron chi connectivity index (χ4n) is 2.59. The van der Waals surface area contributed by atoms with Gasteiger partial charge in [-0.3, -0.25) is 0 Å². The van der Waals surface area contributed by atoms with Crippen LogP contribution < -0.4 is 10.1 Å². The molecule has 0 aromatic carbocycles. The SMILES string of the molecule is CC1CC(Oc2cccc(CNC(C)(C)C)n2)CC(C)O1. The van der Waals surface area contributed by atoms with Gasteiger partial charge in [0.2, 0.25) is 5.88 Å². The molecule has 0 amide bonds. The molecule has 2 heterocycles. The van der Waals surface area contributed by atoms with E-state index in [2.05, 4.69) is 44.9 Å². The highest BCUT2D eigenvalue weighted by atomic mass is 16.5. The second kappa shape index (κ2) is 6.75. The van der Waals surface area contributed by atoms with Crippen molar-refractivity contribution >= 4 is 0 Å². The summed E-state index contributed by atoms with van der Waals surface area (Å²) in [5.74, 6) is 0.717. The molecular formula is C17H28N2O2. The maximum atomic E-state index is 6.05. The lowest BCUT2D eigenvalue weighted by Crippen LogP contribution is -2.36. The van der Waals surface area contributed by atoms with Crippen molar-refractivity contribution in [2.75, 3.05) is 0 Å². The number of rotatable bonds is 4. The van der Waals surface area contributed by atoms with E-state index in [0.717, 1.165) is 31.0 Å². The predicted octanol–water partition coefficient (Wildman–Crippen LogP) is 3.30. The first-order chi connectivity index (χ1) is 9.82. The molecule has 0 aliphatic carbocycles. The van der Waals surface area contributed by atoms with E-state index in [4.69, 9.17) is 9.47 Å². The Kier molecular flexibility index (Phi) is 5.22. The second-order valence-corrected chi connectivity index (χ2v) is 7.04. The van der Waals surface area contributed by atoms with E-state index in [1.165, 1.54) is 0 Å². The van der Waals surface area contributed by atoms with Gasteiger partial charge in [0.05, 0.1) is 17.9 Å². The summed E-state index contributed by atoms with van der Waals surface area (Å²) in [5, 5.41) is 3.45. The van der Waals surface area contributed by atoms with Crippen molar-refractivity contribution < 1.29 is 9.47 Å². The van der Waals surface area contributed by atoms with E-state index in [0.29, 0.717) is 0 Å². The van der Waals surface area contributed by atoms with Crippen LogP contribution in [0, 0.1) is 0 Å². The topological polar surface area (TPSA) is 43.4 Å². The molecule has 4 heteroatoms. The first-order valence-corrected chi connectivity index (χ1v) is 7.85. The van der Waals surface area contributed by atoms with Crippen LogP contribution in [0.4, 0.5) is 0 Å². The fourth-order valence-corrected chi connectivity index (χ4v) is 2.59. The summed E-state index contributed by atoms with van der Waals surface area (Å²) in [6.45, 7) is 11.4. The van der Waals surface area contributed by atoms with Crippen molar-refractivity contribution in [3.63, 3.8) is 0 Å². The average molecular weight is 292 g/mol. The van der Waals surface area contributed by atoms with Crippen LogP contribution in [0.15, 0.2) is 18.2 Å². The van der Waals surface area contributed by atoms with Gasteiger partial charge in [0.15, 0.2) is 0 Å². The van der Waals surface area contributed by atoms with E-state index in [-0.39, 0.29) is 23.9 Å². The number of nitrogens with zero attached hydrogens (tertiary/aromatic N) is 1. The molecule has 4 nitrogen and oxygen atoms in total. The van der Waals surface area contributed by atoms with Crippen LogP contribution in [-0.2, 0) is 11.3 Å². The zero-order chi connectivity index (χ0) is 15.5. The molecule has 1 aliphatic heterocycles. The number of hydrogen-bond donors (Lipinski definition) is 1. The molecule has 1 N–H and O–H groups in total. The normalized spacial score (nSPS) is 26.6. The van der Waals surface area contributed by atoms with Crippen LogP contribution in [0.3, 0.4) is 0 Å². The fraction of sp³-hybridized carbons (Fsp3) is 0.706. The Bertz CT molecular complexity index is 446. The molecule has 0 radical (unpaired) electrons. The Labute approximate surface area is 128 Å². The third-order valence-corrected chi connectivity index (χ3v) is 3.52. The molecule has 1 aliphatic rings.